The molecule has 1 aliphatic heterocycles. The number of nitrogens with one attached hydrogen (secondary N) is 3. The van der Waals surface area contributed by atoms with E-state index in [1.54, 1.807) is 0 Å². The minimum Gasteiger partial charge on any atom is -0.495 e. The molecule has 4 rings (SSSR count). The lowest BCUT2D eigenvalue weighted by Gasteiger charge is -2.28. The molecule has 0 bridgehead atoms. The van der Waals surface area contributed by atoms with Gasteiger partial charge in [-0.2, -0.15) is 13.2 Å². The van der Waals surface area contributed by atoms with Crippen LogP contribution in [0.15, 0.2) is 47.5 Å². The molecule has 0 saturated carbocycles. The zero-order valence-electron chi connectivity index (χ0n) is 23.0. The number of aromatic nitrogens is 2. The fraction of sp³-hybridized carbons (Fsp3) is 0.357. The molecule has 1 saturated heterocycles. The lowest BCUT2D eigenvalue weighted by atomic mass is 9.86. The number of hydrogen-bond donors (Lipinski definition) is 3. The number of anilines is 1. The number of carbonyl (C=O) groups is 2. The predicted octanol–water partition coefficient (Wildman–Crippen LogP) is 3.93. The van der Waals surface area contributed by atoms with Crippen LogP contribution < -0.4 is 25.7 Å². The van der Waals surface area contributed by atoms with E-state index >= 15 is 0 Å². The van der Waals surface area contributed by atoms with Crippen molar-refractivity contribution in [2.45, 2.75) is 24.6 Å². The Balaban J connectivity index is 1.84. The van der Waals surface area contributed by atoms with Gasteiger partial charge < -0.3 is 34.6 Å². The van der Waals surface area contributed by atoms with E-state index in [9.17, 15) is 27.6 Å². The molecule has 2 atom stereocenters. The van der Waals surface area contributed by atoms with E-state index in [1.807, 2.05) is 0 Å². The van der Waals surface area contributed by atoms with E-state index in [0.717, 1.165) is 0 Å². The first-order valence-corrected chi connectivity index (χ1v) is 13.4. The topological polar surface area (TPSA) is 141 Å². The molecule has 2 amide bonds. The Labute approximate surface area is 248 Å². The van der Waals surface area contributed by atoms with E-state index in [-0.39, 0.29) is 64.2 Å². The number of amides is 2. The number of methoxy groups -OCH3 is 1. The monoisotopic (exact) mass is 624 g/mol. The zero-order valence-corrected chi connectivity index (χ0v) is 23.8. The first kappa shape index (κ1) is 31.8. The molecule has 3 aromatic rings. The van der Waals surface area contributed by atoms with Gasteiger partial charge in [-0.3, -0.25) is 14.4 Å². The quantitative estimate of drug-likeness (QED) is 0.308. The molecule has 0 radical (unpaired) electrons. The summed E-state index contributed by atoms with van der Waals surface area (Å²) in [5.41, 5.74) is -0.478. The summed E-state index contributed by atoms with van der Waals surface area (Å²) in [6.45, 7) is -0.863. The molecule has 3 heterocycles. The van der Waals surface area contributed by atoms with Crippen molar-refractivity contribution in [3.63, 3.8) is 0 Å². The van der Waals surface area contributed by atoms with Gasteiger partial charge in [0.25, 0.3) is 11.5 Å². The van der Waals surface area contributed by atoms with Crippen molar-refractivity contribution >= 4 is 29.1 Å². The summed E-state index contributed by atoms with van der Waals surface area (Å²) < 4.78 is 61.1. The van der Waals surface area contributed by atoms with Crippen molar-refractivity contribution in [3.8, 4) is 22.6 Å². The molecule has 1 aliphatic rings. The molecular weight excluding hydrogens is 597 g/mol. The number of ether oxygens (including phenoxy) is 4. The molecule has 15 heteroatoms. The van der Waals surface area contributed by atoms with E-state index in [1.165, 1.54) is 56.9 Å². The number of pyridine rings is 2. The second-order valence-electron chi connectivity index (χ2n) is 9.38. The third-order valence-corrected chi connectivity index (χ3v) is 6.69. The summed E-state index contributed by atoms with van der Waals surface area (Å²) in [5, 5.41) is 5.28. The number of alkyl halides is 3. The summed E-state index contributed by atoms with van der Waals surface area (Å²) in [6, 6.07) is 6.76. The average Bonchev–Trinajstić information content (AvgIpc) is 2.99. The van der Waals surface area contributed by atoms with E-state index in [0.29, 0.717) is 6.61 Å². The van der Waals surface area contributed by atoms with Gasteiger partial charge in [-0.05, 0) is 36.8 Å². The number of nitrogens with zero attached hydrogens (tertiary/aromatic N) is 1. The molecular formula is C28H28ClF3N4O7. The molecule has 230 valence electrons. The molecule has 2 unspecified atom stereocenters. The lowest BCUT2D eigenvalue weighted by molar-refractivity contribution is -0.153. The lowest BCUT2D eigenvalue weighted by Crippen LogP contribution is -2.35. The van der Waals surface area contributed by atoms with Crippen molar-refractivity contribution in [1.82, 2.24) is 15.3 Å². The van der Waals surface area contributed by atoms with E-state index in [2.05, 4.69) is 20.6 Å². The molecule has 2 aromatic heterocycles. The van der Waals surface area contributed by atoms with Gasteiger partial charge in [-0.25, -0.2) is 4.98 Å². The van der Waals surface area contributed by atoms with Crippen molar-refractivity contribution < 1.29 is 41.7 Å². The van der Waals surface area contributed by atoms with Crippen LogP contribution in [0.1, 0.15) is 28.4 Å². The second kappa shape index (κ2) is 13.9. The third-order valence-electron chi connectivity index (χ3n) is 6.46. The molecule has 0 aliphatic carbocycles. The van der Waals surface area contributed by atoms with Gasteiger partial charge in [0.2, 0.25) is 5.91 Å². The standard InChI is InChI=1S/C28H28ClF3N4O7/c1-33-26(38)20-5-4-16(11-34-20)36-25(37)19(10-17-13-41-7-8-42-17)24-23(22(40-2)12-35-27(24)39)18-9-15(29)3-6-21(18)43-14-28(30,31)32/h3-6,9,11-12,17,19H,7-8,10,13-14H2,1-2H3,(H,33,38)(H,35,39)(H,36,37). The fourth-order valence-electron chi connectivity index (χ4n) is 4.53. The summed E-state index contributed by atoms with van der Waals surface area (Å²) >= 11 is 6.24. The van der Waals surface area contributed by atoms with Crippen LogP contribution >= 0.6 is 11.6 Å². The second-order valence-corrected chi connectivity index (χ2v) is 9.81. The Kier molecular flexibility index (Phi) is 10.3. The molecule has 1 fully saturated rings. The maximum atomic E-state index is 13.9. The van der Waals surface area contributed by atoms with Crippen LogP contribution in [0, 0.1) is 0 Å². The highest BCUT2D eigenvalue weighted by Crippen LogP contribution is 2.43. The summed E-state index contributed by atoms with van der Waals surface area (Å²) in [7, 11) is 2.75. The highest BCUT2D eigenvalue weighted by Gasteiger charge is 2.34. The minimum absolute atomic E-state index is 0.00455. The normalized spacial score (nSPS) is 15.8. The fourth-order valence-corrected chi connectivity index (χ4v) is 4.70. The maximum absolute atomic E-state index is 13.9. The van der Waals surface area contributed by atoms with Crippen LogP contribution in [-0.4, -0.2) is 74.6 Å². The number of benzene rings is 1. The number of aromatic amines is 1. The van der Waals surface area contributed by atoms with Gasteiger partial charge in [0, 0.05) is 35.0 Å². The van der Waals surface area contributed by atoms with Crippen LogP contribution in [0.3, 0.4) is 0 Å². The summed E-state index contributed by atoms with van der Waals surface area (Å²) in [4.78, 5) is 45.9. The Morgan fingerprint density at radius 3 is 2.63 bits per heavy atom. The average molecular weight is 625 g/mol. The van der Waals surface area contributed by atoms with Crippen LogP contribution in [0.4, 0.5) is 18.9 Å². The highest BCUT2D eigenvalue weighted by molar-refractivity contribution is 6.31. The van der Waals surface area contributed by atoms with Gasteiger partial charge in [-0.1, -0.05) is 11.6 Å². The zero-order chi connectivity index (χ0) is 31.1. The third kappa shape index (κ3) is 8.03. The van der Waals surface area contributed by atoms with Gasteiger partial charge >= 0.3 is 6.18 Å². The molecule has 3 N–H and O–H groups in total. The number of H-pyrrole nitrogens is 1. The van der Waals surface area contributed by atoms with Gasteiger partial charge in [0.15, 0.2) is 6.61 Å². The number of halogens is 4. The summed E-state index contributed by atoms with van der Waals surface area (Å²) in [6.07, 6.45) is -2.79. The van der Waals surface area contributed by atoms with Gasteiger partial charge in [-0.15, -0.1) is 0 Å². The van der Waals surface area contributed by atoms with E-state index in [4.69, 9.17) is 30.5 Å². The predicted molar refractivity (Wildman–Crippen MR) is 150 cm³/mol. The Morgan fingerprint density at radius 2 is 2.00 bits per heavy atom. The smallest absolute Gasteiger partial charge is 0.422 e. The number of rotatable bonds is 10. The van der Waals surface area contributed by atoms with Crippen molar-refractivity contribution in [2.24, 2.45) is 0 Å². The van der Waals surface area contributed by atoms with Gasteiger partial charge in [0.1, 0.15) is 17.2 Å². The highest BCUT2D eigenvalue weighted by atomic mass is 35.5. The Bertz CT molecular complexity index is 1510. The van der Waals surface area contributed by atoms with Crippen molar-refractivity contribution in [1.29, 1.82) is 0 Å². The van der Waals surface area contributed by atoms with Crippen molar-refractivity contribution in [2.75, 3.05) is 45.9 Å². The molecule has 0 spiro atoms. The van der Waals surface area contributed by atoms with Crippen LogP contribution in [-0.2, 0) is 14.3 Å². The molecule has 11 nitrogen and oxygen atoms in total. The van der Waals surface area contributed by atoms with Crippen LogP contribution in [0.25, 0.3) is 11.1 Å². The molecule has 1 aromatic carbocycles. The van der Waals surface area contributed by atoms with Crippen LogP contribution in [0.5, 0.6) is 11.5 Å². The SMILES string of the molecule is CNC(=O)c1ccc(NC(=O)C(CC2COCCO2)c2c(-c3cc(Cl)ccc3OCC(F)(F)F)c(OC)c[nH]c2=O)cn1. The Hall–Kier alpha value is -4.14. The largest absolute Gasteiger partial charge is 0.495 e. The summed E-state index contributed by atoms with van der Waals surface area (Å²) in [5.74, 6) is -2.53. The van der Waals surface area contributed by atoms with Crippen LogP contribution in [0.2, 0.25) is 5.02 Å². The van der Waals surface area contributed by atoms with E-state index < -0.39 is 42.2 Å². The number of carbonyl (C=O) groups excluding carboxylic acids is 2. The van der Waals surface area contributed by atoms with Crippen molar-refractivity contribution in [3.05, 3.63) is 69.4 Å². The maximum Gasteiger partial charge on any atom is 0.422 e. The van der Waals surface area contributed by atoms with Gasteiger partial charge in [0.05, 0.1) is 50.8 Å². The minimum atomic E-state index is -4.65. The first-order valence-electron chi connectivity index (χ1n) is 13.0. The number of hydrogen-bond acceptors (Lipinski definition) is 8. The molecule has 43 heavy (non-hydrogen) atoms. The first-order chi connectivity index (χ1) is 20.5. The Morgan fingerprint density at radius 1 is 1.21 bits per heavy atom.